The van der Waals surface area contributed by atoms with E-state index in [0.717, 1.165) is 32.7 Å². The summed E-state index contributed by atoms with van der Waals surface area (Å²) in [4.78, 5) is 13.0. The fourth-order valence-electron chi connectivity index (χ4n) is 1.56. The largest absolute Gasteiger partial charge is 0.381 e. The van der Waals surface area contributed by atoms with Crippen molar-refractivity contribution >= 4 is 17.5 Å². The molecule has 1 saturated heterocycles. The SMILES string of the molecule is CCOC[C@@H]1CCN(C(=O)CCl)C1. The lowest BCUT2D eigenvalue weighted by Crippen LogP contribution is -2.30. The maximum Gasteiger partial charge on any atom is 0.237 e. The summed E-state index contributed by atoms with van der Waals surface area (Å²) in [5.74, 6) is 0.647. The highest BCUT2D eigenvalue weighted by molar-refractivity contribution is 6.27. The molecular weight excluding hydrogens is 190 g/mol. The van der Waals surface area contributed by atoms with Crippen molar-refractivity contribution in [3.05, 3.63) is 0 Å². The van der Waals surface area contributed by atoms with Gasteiger partial charge in [0, 0.05) is 25.6 Å². The quantitative estimate of drug-likeness (QED) is 0.644. The van der Waals surface area contributed by atoms with Crippen LogP contribution >= 0.6 is 11.6 Å². The Bertz CT molecular complexity index is 175. The fraction of sp³-hybridized carbons (Fsp3) is 0.889. The van der Waals surface area contributed by atoms with Crippen molar-refractivity contribution in [1.29, 1.82) is 0 Å². The highest BCUT2D eigenvalue weighted by atomic mass is 35.5. The highest BCUT2D eigenvalue weighted by Gasteiger charge is 2.25. The number of ether oxygens (including phenoxy) is 1. The van der Waals surface area contributed by atoms with E-state index in [-0.39, 0.29) is 11.8 Å². The zero-order valence-corrected chi connectivity index (χ0v) is 8.72. The van der Waals surface area contributed by atoms with Crippen molar-refractivity contribution in [2.75, 3.05) is 32.2 Å². The van der Waals surface area contributed by atoms with E-state index in [1.54, 1.807) is 0 Å². The minimum atomic E-state index is 0.0423. The van der Waals surface area contributed by atoms with E-state index in [1.165, 1.54) is 0 Å². The number of amides is 1. The first-order chi connectivity index (χ1) is 6.27. The van der Waals surface area contributed by atoms with Gasteiger partial charge in [-0.15, -0.1) is 11.6 Å². The normalized spacial score (nSPS) is 22.3. The second kappa shape index (κ2) is 5.45. The van der Waals surface area contributed by atoms with E-state index < -0.39 is 0 Å². The fourth-order valence-corrected chi connectivity index (χ4v) is 1.73. The summed E-state index contributed by atoms with van der Waals surface area (Å²) in [6.45, 7) is 5.15. The van der Waals surface area contributed by atoms with E-state index in [4.69, 9.17) is 16.3 Å². The molecule has 0 aliphatic carbocycles. The molecule has 1 atom stereocenters. The van der Waals surface area contributed by atoms with Gasteiger partial charge in [-0.2, -0.15) is 0 Å². The van der Waals surface area contributed by atoms with Crippen LogP contribution in [0.5, 0.6) is 0 Å². The van der Waals surface area contributed by atoms with Crippen LogP contribution in [0.1, 0.15) is 13.3 Å². The van der Waals surface area contributed by atoms with Crippen LogP contribution in [0.25, 0.3) is 0 Å². The van der Waals surface area contributed by atoms with E-state index in [2.05, 4.69) is 0 Å². The van der Waals surface area contributed by atoms with Crippen LogP contribution in [0.2, 0.25) is 0 Å². The molecule has 0 spiro atoms. The Morgan fingerprint density at radius 3 is 3.08 bits per heavy atom. The lowest BCUT2D eigenvalue weighted by Gasteiger charge is -2.14. The Morgan fingerprint density at radius 2 is 2.46 bits per heavy atom. The Kier molecular flexibility index (Phi) is 4.53. The van der Waals surface area contributed by atoms with Gasteiger partial charge >= 0.3 is 0 Å². The summed E-state index contributed by atoms with van der Waals surface area (Å²) >= 11 is 5.46. The molecule has 76 valence electrons. The zero-order chi connectivity index (χ0) is 9.68. The molecule has 0 aromatic rings. The van der Waals surface area contributed by atoms with Gasteiger partial charge in [0.05, 0.1) is 6.61 Å². The van der Waals surface area contributed by atoms with Gasteiger partial charge in [0.25, 0.3) is 0 Å². The molecule has 1 rings (SSSR count). The molecule has 0 aromatic heterocycles. The maximum absolute atomic E-state index is 11.2. The van der Waals surface area contributed by atoms with Crippen LogP contribution in [0, 0.1) is 5.92 Å². The minimum Gasteiger partial charge on any atom is -0.381 e. The summed E-state index contributed by atoms with van der Waals surface area (Å²) < 4.78 is 5.31. The lowest BCUT2D eigenvalue weighted by molar-refractivity contribution is -0.127. The molecule has 3 nitrogen and oxygen atoms in total. The van der Waals surface area contributed by atoms with Gasteiger partial charge in [-0.1, -0.05) is 0 Å². The standard InChI is InChI=1S/C9H16ClNO2/c1-2-13-7-8-3-4-11(6-8)9(12)5-10/h8H,2-7H2,1H3/t8-/m1/s1. The molecule has 1 aliphatic heterocycles. The van der Waals surface area contributed by atoms with Crippen LogP contribution in [0.3, 0.4) is 0 Å². The number of rotatable bonds is 4. The van der Waals surface area contributed by atoms with E-state index in [1.807, 2.05) is 11.8 Å². The van der Waals surface area contributed by atoms with E-state index >= 15 is 0 Å². The Hall–Kier alpha value is -0.280. The number of carbonyl (C=O) groups excluding carboxylic acids is 1. The van der Waals surface area contributed by atoms with Crippen LogP contribution < -0.4 is 0 Å². The number of likely N-dealkylation sites (tertiary alicyclic amines) is 1. The first-order valence-corrected chi connectivity index (χ1v) is 5.22. The van der Waals surface area contributed by atoms with Crippen LogP contribution in [-0.2, 0) is 9.53 Å². The monoisotopic (exact) mass is 205 g/mol. The van der Waals surface area contributed by atoms with Crippen molar-refractivity contribution in [2.45, 2.75) is 13.3 Å². The Labute approximate surface area is 84.0 Å². The molecule has 1 amide bonds. The van der Waals surface area contributed by atoms with Gasteiger partial charge in [-0.25, -0.2) is 0 Å². The topological polar surface area (TPSA) is 29.5 Å². The van der Waals surface area contributed by atoms with E-state index in [0.29, 0.717) is 5.92 Å². The molecule has 0 radical (unpaired) electrons. The van der Waals surface area contributed by atoms with Gasteiger partial charge in [0.15, 0.2) is 0 Å². The Morgan fingerprint density at radius 1 is 1.69 bits per heavy atom. The van der Waals surface area contributed by atoms with Gasteiger partial charge in [0.2, 0.25) is 5.91 Å². The van der Waals surface area contributed by atoms with Crippen molar-refractivity contribution in [1.82, 2.24) is 4.90 Å². The molecule has 4 heteroatoms. The zero-order valence-electron chi connectivity index (χ0n) is 7.96. The van der Waals surface area contributed by atoms with Crippen LogP contribution in [0.4, 0.5) is 0 Å². The Balaban J connectivity index is 2.23. The predicted molar refractivity (Wildman–Crippen MR) is 51.9 cm³/mol. The van der Waals surface area contributed by atoms with Gasteiger partial charge in [0.1, 0.15) is 5.88 Å². The molecule has 0 saturated carbocycles. The smallest absolute Gasteiger partial charge is 0.237 e. The third kappa shape index (κ3) is 3.16. The van der Waals surface area contributed by atoms with Crippen molar-refractivity contribution in [2.24, 2.45) is 5.92 Å². The summed E-state index contributed by atoms with van der Waals surface area (Å²) in [6, 6.07) is 0. The number of hydrogen-bond donors (Lipinski definition) is 0. The molecular formula is C9H16ClNO2. The second-order valence-corrected chi connectivity index (χ2v) is 3.55. The number of nitrogens with zero attached hydrogens (tertiary/aromatic N) is 1. The van der Waals surface area contributed by atoms with Crippen molar-refractivity contribution in [3.63, 3.8) is 0 Å². The summed E-state index contributed by atoms with van der Waals surface area (Å²) in [5.41, 5.74) is 0. The molecule has 1 heterocycles. The number of carbonyl (C=O) groups is 1. The van der Waals surface area contributed by atoms with Crippen molar-refractivity contribution < 1.29 is 9.53 Å². The molecule has 0 unspecified atom stereocenters. The highest BCUT2D eigenvalue weighted by Crippen LogP contribution is 2.16. The third-order valence-corrected chi connectivity index (χ3v) is 2.54. The minimum absolute atomic E-state index is 0.0423. The molecule has 1 fully saturated rings. The predicted octanol–water partition coefficient (Wildman–Crippen LogP) is 1.11. The first-order valence-electron chi connectivity index (χ1n) is 4.69. The summed E-state index contributed by atoms with van der Waals surface area (Å²) in [5, 5.41) is 0. The maximum atomic E-state index is 11.2. The molecule has 1 aliphatic rings. The van der Waals surface area contributed by atoms with E-state index in [9.17, 15) is 4.79 Å². The second-order valence-electron chi connectivity index (χ2n) is 3.29. The third-order valence-electron chi connectivity index (χ3n) is 2.31. The average Bonchev–Trinajstić information content (AvgIpc) is 2.62. The lowest BCUT2D eigenvalue weighted by atomic mass is 10.1. The van der Waals surface area contributed by atoms with Gasteiger partial charge in [-0.3, -0.25) is 4.79 Å². The molecule has 0 aromatic carbocycles. The average molecular weight is 206 g/mol. The molecule has 0 N–H and O–H groups in total. The van der Waals surface area contributed by atoms with Gasteiger partial charge < -0.3 is 9.64 Å². The van der Waals surface area contributed by atoms with Gasteiger partial charge in [-0.05, 0) is 13.3 Å². The first kappa shape index (κ1) is 10.8. The number of hydrogen-bond acceptors (Lipinski definition) is 2. The number of halogens is 1. The van der Waals surface area contributed by atoms with Crippen LogP contribution in [0.15, 0.2) is 0 Å². The summed E-state index contributed by atoms with van der Waals surface area (Å²) in [7, 11) is 0. The molecule has 13 heavy (non-hydrogen) atoms. The molecule has 0 bridgehead atoms. The number of alkyl halides is 1. The van der Waals surface area contributed by atoms with Crippen molar-refractivity contribution in [3.8, 4) is 0 Å². The summed E-state index contributed by atoms with van der Waals surface area (Å²) in [6.07, 6.45) is 1.04. The van der Waals surface area contributed by atoms with Crippen LogP contribution in [-0.4, -0.2) is 43.0 Å².